The third-order valence-corrected chi connectivity index (χ3v) is 9.87. The van der Waals surface area contributed by atoms with Crippen molar-refractivity contribution in [2.75, 3.05) is 20.3 Å². The van der Waals surface area contributed by atoms with Gasteiger partial charge >= 0.3 is 30.0 Å². The van der Waals surface area contributed by atoms with Gasteiger partial charge in [-0.1, -0.05) is 54.6 Å². The number of nitrogens with one attached hydrogen (secondary N) is 1. The van der Waals surface area contributed by atoms with Gasteiger partial charge in [0.05, 0.1) is 26.6 Å². The lowest BCUT2D eigenvalue weighted by Gasteiger charge is -2.44. The summed E-state index contributed by atoms with van der Waals surface area (Å²) in [4.78, 5) is 60.8. The van der Waals surface area contributed by atoms with Crippen LogP contribution in [0.3, 0.4) is 0 Å². The number of aryl methyl sites for hydroxylation is 1. The van der Waals surface area contributed by atoms with E-state index in [1.165, 1.54) is 6.07 Å². The Labute approximate surface area is 305 Å². The third-order valence-electron chi connectivity index (χ3n) is 9.87. The highest BCUT2D eigenvalue weighted by Crippen LogP contribution is 2.45. The highest BCUT2D eigenvalue weighted by atomic mass is 16.7. The number of aliphatic carboxylic acids is 3. The van der Waals surface area contributed by atoms with Crippen molar-refractivity contribution in [3.05, 3.63) is 89.0 Å². The van der Waals surface area contributed by atoms with Crippen molar-refractivity contribution in [1.29, 1.82) is 0 Å². The molecule has 0 unspecified atom stereocenters. The molecule has 0 spiro atoms. The second kappa shape index (κ2) is 17.8. The second-order valence-corrected chi connectivity index (χ2v) is 13.1. The van der Waals surface area contributed by atoms with E-state index in [4.69, 9.17) is 18.9 Å². The van der Waals surface area contributed by atoms with Crippen LogP contribution < -0.4 is 10.1 Å². The third kappa shape index (κ3) is 9.50. The number of carboxylic acids is 3. The maximum Gasteiger partial charge on any atom is 0.407 e. The van der Waals surface area contributed by atoms with Gasteiger partial charge in [-0.15, -0.1) is 0 Å². The lowest BCUT2D eigenvalue weighted by Crippen LogP contribution is -2.54. The minimum absolute atomic E-state index is 0.0569. The fourth-order valence-electron chi connectivity index (χ4n) is 7.44. The number of carboxylic acid groups (broad SMARTS) is 3. The van der Waals surface area contributed by atoms with Gasteiger partial charge in [0, 0.05) is 30.7 Å². The fourth-order valence-corrected chi connectivity index (χ4v) is 7.44. The highest BCUT2D eigenvalue weighted by molar-refractivity contribution is 5.79. The lowest BCUT2D eigenvalue weighted by atomic mass is 9.71. The first kappa shape index (κ1) is 38.8. The van der Waals surface area contributed by atoms with Crippen LogP contribution in [0.5, 0.6) is 5.75 Å². The van der Waals surface area contributed by atoms with Crippen LogP contribution in [0, 0.1) is 17.8 Å². The van der Waals surface area contributed by atoms with Crippen LogP contribution in [0.1, 0.15) is 60.3 Å². The first-order valence-corrected chi connectivity index (χ1v) is 17.4. The van der Waals surface area contributed by atoms with Crippen LogP contribution in [0.2, 0.25) is 0 Å². The zero-order valence-corrected chi connectivity index (χ0v) is 29.1. The van der Waals surface area contributed by atoms with E-state index in [0.29, 0.717) is 36.9 Å². The number of aliphatic hydroxyl groups is 1. The Morgan fingerprint density at radius 2 is 1.36 bits per heavy atom. The van der Waals surface area contributed by atoms with Crippen LogP contribution in [-0.4, -0.2) is 83.1 Å². The number of hydrogen-bond donors (Lipinski definition) is 5. The van der Waals surface area contributed by atoms with Gasteiger partial charge in [0.15, 0.2) is 6.10 Å². The zero-order chi connectivity index (χ0) is 38.1. The monoisotopic (exact) mass is 733 g/mol. The van der Waals surface area contributed by atoms with Crippen LogP contribution >= 0.6 is 0 Å². The Hall–Kier alpha value is -5.47. The summed E-state index contributed by atoms with van der Waals surface area (Å²) in [5.41, 5.74) is 5.81. The summed E-state index contributed by atoms with van der Waals surface area (Å²) in [6, 6.07) is 20.9. The molecule has 5 rings (SSSR count). The van der Waals surface area contributed by atoms with Crippen molar-refractivity contribution in [3.8, 4) is 16.9 Å². The Balaban J connectivity index is 1.20. The predicted molar refractivity (Wildman–Crippen MR) is 187 cm³/mol. The number of aliphatic hydroxyl groups excluding tert-OH is 1. The van der Waals surface area contributed by atoms with Crippen molar-refractivity contribution in [2.45, 2.75) is 63.4 Å². The zero-order valence-electron chi connectivity index (χ0n) is 29.1. The first-order chi connectivity index (χ1) is 25.5. The summed E-state index contributed by atoms with van der Waals surface area (Å²) in [5.74, 6) is -8.20. The molecule has 0 bridgehead atoms. The molecule has 5 N–H and O–H groups in total. The molecular formula is C39H43NO13. The number of ether oxygens (including phenoxy) is 4. The lowest BCUT2D eigenvalue weighted by molar-refractivity contribution is -0.233. The van der Waals surface area contributed by atoms with Crippen molar-refractivity contribution in [3.63, 3.8) is 0 Å². The number of hydrogen-bond acceptors (Lipinski definition) is 10. The summed E-state index contributed by atoms with van der Waals surface area (Å²) in [7, 11) is 1.07. The maximum atomic E-state index is 12.7. The molecule has 0 aromatic heterocycles. The predicted octanol–water partition coefficient (Wildman–Crippen LogP) is 4.59. The molecule has 3 aromatic rings. The van der Waals surface area contributed by atoms with Gasteiger partial charge in [-0.3, -0.25) is 14.4 Å². The van der Waals surface area contributed by atoms with E-state index in [2.05, 4.69) is 17.4 Å². The molecule has 5 atom stereocenters. The number of carbonyl (C=O) groups excluding carboxylic acids is 2. The number of benzene rings is 3. The van der Waals surface area contributed by atoms with E-state index in [1.807, 2.05) is 36.4 Å². The van der Waals surface area contributed by atoms with Gasteiger partial charge in [0.2, 0.25) is 6.29 Å². The van der Waals surface area contributed by atoms with E-state index >= 15 is 0 Å². The van der Waals surface area contributed by atoms with Gasteiger partial charge < -0.3 is 44.7 Å². The number of esters is 1. The largest absolute Gasteiger partial charge is 0.481 e. The molecule has 1 heterocycles. The number of unbranched alkanes of at least 4 members (excludes halogenated alkanes) is 1. The summed E-state index contributed by atoms with van der Waals surface area (Å²) in [6.45, 7) is 0.255. The fraction of sp³-hybridized carbons (Fsp3) is 0.410. The molecule has 0 radical (unpaired) electrons. The Morgan fingerprint density at radius 1 is 0.755 bits per heavy atom. The normalized spacial score (nSPS) is 20.5. The van der Waals surface area contributed by atoms with E-state index in [9.17, 15) is 44.4 Å². The average Bonchev–Trinajstić information content (AvgIpc) is 3.45. The molecule has 1 saturated heterocycles. The summed E-state index contributed by atoms with van der Waals surface area (Å²) in [6.07, 6.45) is -3.77. The van der Waals surface area contributed by atoms with Gasteiger partial charge in [0.1, 0.15) is 12.4 Å². The first-order valence-electron chi connectivity index (χ1n) is 17.4. The molecule has 282 valence electrons. The van der Waals surface area contributed by atoms with E-state index < -0.39 is 79.4 Å². The smallest absolute Gasteiger partial charge is 0.407 e. The minimum atomic E-state index is -1.53. The molecule has 53 heavy (non-hydrogen) atoms. The van der Waals surface area contributed by atoms with Crippen molar-refractivity contribution >= 4 is 30.0 Å². The summed E-state index contributed by atoms with van der Waals surface area (Å²) >= 11 is 0. The van der Waals surface area contributed by atoms with Crippen molar-refractivity contribution in [1.82, 2.24) is 5.32 Å². The number of alkyl carbamates (subject to hydrolysis) is 1. The quantitative estimate of drug-likeness (QED) is 0.0949. The molecule has 2 aliphatic rings. The van der Waals surface area contributed by atoms with Crippen LogP contribution in [0.25, 0.3) is 11.1 Å². The Morgan fingerprint density at radius 3 is 1.96 bits per heavy atom. The standard InChI is InChI=1S/C39H43NO13/c1-50-37(48)36-30(18-34(44)45)29(17-33(42)43)31(19-35(46)47)38(53-36)52-24-14-13-23(20-41)22(16-24)8-6-7-15-40-39(49)51-21-32-27-11-4-2-9-25(27)26-10-3-5-12-28(26)32/h2-5,9-14,16,29-32,36,38,41H,6-8,15,17-21H2,1H3,(H,40,49)(H,42,43)(H,44,45)(H,46,47)/t29-,30-,31+,36-,38+/m0/s1. The number of rotatable bonds is 17. The topological polar surface area (TPSA) is 215 Å². The molecule has 14 heteroatoms. The van der Waals surface area contributed by atoms with E-state index in [1.54, 1.807) is 12.1 Å². The molecular weight excluding hydrogens is 690 g/mol. The van der Waals surface area contributed by atoms with Gasteiger partial charge in [-0.2, -0.15) is 0 Å². The minimum Gasteiger partial charge on any atom is -0.481 e. The molecule has 14 nitrogen and oxygen atoms in total. The number of methoxy groups -OCH3 is 1. The molecule has 1 amide bonds. The Bertz CT molecular complexity index is 1760. The van der Waals surface area contributed by atoms with Gasteiger partial charge in [-0.25, -0.2) is 9.59 Å². The van der Waals surface area contributed by atoms with Crippen LogP contribution in [0.4, 0.5) is 4.79 Å². The second-order valence-electron chi connectivity index (χ2n) is 13.1. The number of amides is 1. The van der Waals surface area contributed by atoms with E-state index in [0.717, 1.165) is 29.4 Å². The average molecular weight is 734 g/mol. The molecule has 1 aliphatic carbocycles. The summed E-state index contributed by atoms with van der Waals surface area (Å²) < 4.78 is 22.4. The van der Waals surface area contributed by atoms with Crippen molar-refractivity contribution in [2.24, 2.45) is 17.8 Å². The number of fused-ring (bicyclic) bond motifs is 3. The molecule has 1 aliphatic heterocycles. The summed E-state index contributed by atoms with van der Waals surface area (Å²) in [5, 5.41) is 41.7. The maximum absolute atomic E-state index is 12.7. The van der Waals surface area contributed by atoms with Gasteiger partial charge in [0.25, 0.3) is 0 Å². The molecule has 3 aromatic carbocycles. The number of carbonyl (C=O) groups is 5. The molecule has 1 fully saturated rings. The SMILES string of the molecule is COC(=O)[C@H]1O[C@@H](Oc2ccc(CO)c(CCCCNC(=O)OCC3c4ccccc4-c4ccccc43)c2)[C@H](CC(=O)O)[C@@H](CC(=O)O)[C@@H]1CC(=O)O. The molecule has 0 saturated carbocycles. The van der Waals surface area contributed by atoms with Crippen LogP contribution in [0.15, 0.2) is 66.7 Å². The van der Waals surface area contributed by atoms with Crippen molar-refractivity contribution < 1.29 is 63.3 Å². The van der Waals surface area contributed by atoms with E-state index in [-0.39, 0.29) is 24.9 Å². The van der Waals surface area contributed by atoms with Crippen LogP contribution in [-0.2, 0) is 46.4 Å². The highest BCUT2D eigenvalue weighted by Gasteiger charge is 2.51. The Kier molecular flexibility index (Phi) is 13.0. The van der Waals surface area contributed by atoms with Gasteiger partial charge in [-0.05, 0) is 70.7 Å².